The normalized spacial score (nSPS) is 13.8. The van der Waals surface area contributed by atoms with Crippen molar-refractivity contribution in [1.29, 1.82) is 10.5 Å². The van der Waals surface area contributed by atoms with Crippen LogP contribution in [0.5, 0.6) is 5.75 Å². The van der Waals surface area contributed by atoms with Gasteiger partial charge in [0.1, 0.15) is 17.9 Å². The van der Waals surface area contributed by atoms with Gasteiger partial charge in [0.25, 0.3) is 5.91 Å². The maximum atomic E-state index is 12.8. The monoisotopic (exact) mass is 382 g/mol. The third-order valence-corrected chi connectivity index (χ3v) is 4.49. The maximum Gasteiger partial charge on any atom is 0.387 e. The van der Waals surface area contributed by atoms with Crippen LogP contribution in [-0.2, 0) is 0 Å². The van der Waals surface area contributed by atoms with Crippen molar-refractivity contribution in [1.82, 2.24) is 4.90 Å². The second-order valence-corrected chi connectivity index (χ2v) is 6.08. The quantitative estimate of drug-likeness (QED) is 0.812. The Kier molecular flexibility index (Phi) is 5.71. The fraction of sp³-hybridized carbons (Fsp3) is 0.250. The number of amides is 1. The molecule has 3 rings (SSSR count). The van der Waals surface area contributed by atoms with E-state index >= 15 is 0 Å². The smallest absolute Gasteiger partial charge is 0.387 e. The van der Waals surface area contributed by atoms with Gasteiger partial charge < -0.3 is 14.5 Å². The summed E-state index contributed by atoms with van der Waals surface area (Å²) in [6, 6.07) is 15.0. The molecule has 6 nitrogen and oxygen atoms in total. The van der Waals surface area contributed by atoms with E-state index in [4.69, 9.17) is 0 Å². The number of anilines is 1. The number of rotatable bonds is 4. The number of hydrogen-bond acceptors (Lipinski definition) is 5. The van der Waals surface area contributed by atoms with Crippen molar-refractivity contribution in [2.45, 2.75) is 6.61 Å². The predicted molar refractivity (Wildman–Crippen MR) is 97.1 cm³/mol. The molecule has 1 aliphatic heterocycles. The molecule has 142 valence electrons. The Bertz CT molecular complexity index is 925. The number of carbonyl (C=O) groups excluding carboxylic acids is 1. The molecule has 0 aromatic heterocycles. The first-order chi connectivity index (χ1) is 13.5. The molecule has 0 radical (unpaired) electrons. The van der Waals surface area contributed by atoms with Gasteiger partial charge in [0.2, 0.25) is 0 Å². The van der Waals surface area contributed by atoms with E-state index in [1.165, 1.54) is 18.2 Å². The summed E-state index contributed by atoms with van der Waals surface area (Å²) in [7, 11) is 0. The number of para-hydroxylation sites is 2. The van der Waals surface area contributed by atoms with Gasteiger partial charge in [-0.05, 0) is 24.3 Å². The van der Waals surface area contributed by atoms with Gasteiger partial charge in [-0.15, -0.1) is 0 Å². The van der Waals surface area contributed by atoms with Gasteiger partial charge >= 0.3 is 6.61 Å². The summed E-state index contributed by atoms with van der Waals surface area (Å²) < 4.78 is 29.6. The molecule has 8 heteroatoms. The minimum absolute atomic E-state index is 0.0754. The van der Waals surface area contributed by atoms with E-state index in [1.807, 2.05) is 4.90 Å². The molecule has 0 aliphatic carbocycles. The van der Waals surface area contributed by atoms with Gasteiger partial charge in [0.15, 0.2) is 0 Å². The molecule has 2 aromatic rings. The Balaban J connectivity index is 1.76. The Morgan fingerprint density at radius 3 is 2.14 bits per heavy atom. The molecule has 0 unspecified atom stereocenters. The molecule has 1 heterocycles. The van der Waals surface area contributed by atoms with Crippen LogP contribution < -0.4 is 9.64 Å². The Hall–Kier alpha value is -3.65. The Labute approximate surface area is 160 Å². The molecular weight excluding hydrogens is 366 g/mol. The highest BCUT2D eigenvalue weighted by Gasteiger charge is 2.27. The van der Waals surface area contributed by atoms with Crippen molar-refractivity contribution in [2.24, 2.45) is 0 Å². The number of halogens is 2. The minimum Gasteiger partial charge on any atom is -0.434 e. The summed E-state index contributed by atoms with van der Waals surface area (Å²) in [5.41, 5.74) is 1.43. The minimum atomic E-state index is -3.02. The third-order valence-electron chi connectivity index (χ3n) is 4.49. The van der Waals surface area contributed by atoms with Crippen LogP contribution in [0.1, 0.15) is 21.5 Å². The summed E-state index contributed by atoms with van der Waals surface area (Å²) in [4.78, 5) is 16.2. The number of nitriles is 2. The summed E-state index contributed by atoms with van der Waals surface area (Å²) in [5, 5.41) is 18.7. The molecule has 1 fully saturated rings. The average Bonchev–Trinajstić information content (AvgIpc) is 2.72. The second-order valence-electron chi connectivity index (χ2n) is 6.08. The van der Waals surface area contributed by atoms with Crippen LogP contribution in [0, 0.1) is 22.7 Å². The van der Waals surface area contributed by atoms with Crippen molar-refractivity contribution < 1.29 is 18.3 Å². The van der Waals surface area contributed by atoms with E-state index in [0.29, 0.717) is 43.0 Å². The van der Waals surface area contributed by atoms with Gasteiger partial charge in [-0.1, -0.05) is 18.2 Å². The third kappa shape index (κ3) is 3.86. The fourth-order valence-electron chi connectivity index (χ4n) is 3.21. The number of nitrogens with zero attached hydrogens (tertiary/aromatic N) is 4. The molecule has 1 aliphatic rings. The van der Waals surface area contributed by atoms with Crippen LogP contribution in [0.25, 0.3) is 0 Å². The molecule has 0 bridgehead atoms. The topological polar surface area (TPSA) is 80.4 Å². The van der Waals surface area contributed by atoms with Crippen molar-refractivity contribution in [2.75, 3.05) is 31.1 Å². The Morgan fingerprint density at radius 2 is 1.57 bits per heavy atom. The Morgan fingerprint density at radius 1 is 0.964 bits per heavy atom. The zero-order valence-corrected chi connectivity index (χ0v) is 14.8. The van der Waals surface area contributed by atoms with Crippen LogP contribution in [0.2, 0.25) is 0 Å². The molecule has 1 amide bonds. The standard InChI is InChI=1S/C20H16F2N4O2/c21-20(22)28-17-7-2-1-6-16(17)19(27)26-10-8-25(9-11-26)18-14(12-23)4-3-5-15(18)13-24/h1-7,20H,8-11H2. The van der Waals surface area contributed by atoms with Crippen LogP contribution in [0.4, 0.5) is 14.5 Å². The lowest BCUT2D eigenvalue weighted by Gasteiger charge is -2.37. The first-order valence-corrected chi connectivity index (χ1v) is 8.56. The first-order valence-electron chi connectivity index (χ1n) is 8.56. The van der Waals surface area contributed by atoms with E-state index in [9.17, 15) is 24.1 Å². The highest BCUT2D eigenvalue weighted by atomic mass is 19.3. The number of alkyl halides is 2. The van der Waals surface area contributed by atoms with Crippen LogP contribution in [0.3, 0.4) is 0 Å². The lowest BCUT2D eigenvalue weighted by molar-refractivity contribution is -0.0502. The van der Waals surface area contributed by atoms with Gasteiger partial charge in [-0.2, -0.15) is 19.3 Å². The predicted octanol–water partition coefficient (Wildman–Crippen LogP) is 2.99. The van der Waals surface area contributed by atoms with Crippen molar-refractivity contribution in [3.05, 3.63) is 59.2 Å². The zero-order valence-electron chi connectivity index (χ0n) is 14.8. The molecule has 2 aromatic carbocycles. The summed E-state index contributed by atoms with van der Waals surface area (Å²) in [5.74, 6) is -0.559. The number of carbonyl (C=O) groups is 1. The molecule has 0 N–H and O–H groups in total. The SMILES string of the molecule is N#Cc1cccc(C#N)c1N1CCN(C(=O)c2ccccc2OC(F)F)CC1. The number of hydrogen-bond donors (Lipinski definition) is 0. The van der Waals surface area contributed by atoms with Crippen molar-refractivity contribution in [3.63, 3.8) is 0 Å². The number of piperazine rings is 1. The van der Waals surface area contributed by atoms with Crippen LogP contribution in [-0.4, -0.2) is 43.6 Å². The van der Waals surface area contributed by atoms with E-state index in [1.54, 1.807) is 29.2 Å². The number of ether oxygens (including phenoxy) is 1. The first kappa shape index (κ1) is 19.1. The molecule has 0 saturated carbocycles. The molecule has 28 heavy (non-hydrogen) atoms. The van der Waals surface area contributed by atoms with E-state index < -0.39 is 12.5 Å². The van der Waals surface area contributed by atoms with E-state index in [2.05, 4.69) is 16.9 Å². The van der Waals surface area contributed by atoms with Gasteiger partial charge in [-0.25, -0.2) is 0 Å². The van der Waals surface area contributed by atoms with Gasteiger partial charge in [-0.3, -0.25) is 4.79 Å². The lowest BCUT2D eigenvalue weighted by atomic mass is 10.1. The van der Waals surface area contributed by atoms with Crippen LogP contribution in [0.15, 0.2) is 42.5 Å². The molecule has 0 spiro atoms. The summed E-state index contributed by atoms with van der Waals surface area (Å²) in [6.45, 7) is -1.54. The lowest BCUT2D eigenvalue weighted by Crippen LogP contribution is -2.49. The second kappa shape index (κ2) is 8.36. The van der Waals surface area contributed by atoms with E-state index in [-0.39, 0.29) is 11.3 Å². The molecular formula is C20H16F2N4O2. The number of benzene rings is 2. The van der Waals surface area contributed by atoms with Crippen molar-refractivity contribution in [3.8, 4) is 17.9 Å². The molecule has 0 atom stereocenters. The van der Waals surface area contributed by atoms with Gasteiger partial charge in [0, 0.05) is 26.2 Å². The highest BCUT2D eigenvalue weighted by molar-refractivity contribution is 5.97. The summed E-state index contributed by atoms with van der Waals surface area (Å²) >= 11 is 0. The average molecular weight is 382 g/mol. The van der Waals surface area contributed by atoms with Crippen LogP contribution >= 0.6 is 0 Å². The maximum absolute atomic E-state index is 12.8. The molecule has 1 saturated heterocycles. The largest absolute Gasteiger partial charge is 0.434 e. The highest BCUT2D eigenvalue weighted by Crippen LogP contribution is 2.27. The summed E-state index contributed by atoms with van der Waals surface area (Å²) in [6.07, 6.45) is 0. The van der Waals surface area contributed by atoms with Crippen molar-refractivity contribution >= 4 is 11.6 Å². The zero-order chi connectivity index (χ0) is 20.1. The van der Waals surface area contributed by atoms with E-state index in [0.717, 1.165) is 0 Å². The van der Waals surface area contributed by atoms with Gasteiger partial charge in [0.05, 0.1) is 22.4 Å². The fourth-order valence-corrected chi connectivity index (χ4v) is 3.21.